The van der Waals surface area contributed by atoms with E-state index >= 15 is 0 Å². The van der Waals surface area contributed by atoms with Crippen LogP contribution in [0.3, 0.4) is 0 Å². The minimum absolute atomic E-state index is 0.169. The van der Waals surface area contributed by atoms with E-state index in [1.165, 1.54) is 27.2 Å². The van der Waals surface area contributed by atoms with Crippen LogP contribution in [0.5, 0.6) is 0 Å². The van der Waals surface area contributed by atoms with Crippen LogP contribution in [0.4, 0.5) is 5.13 Å². The topological polar surface area (TPSA) is 92.7 Å². The minimum atomic E-state index is -0.363. The third-order valence-electron chi connectivity index (χ3n) is 3.56. The van der Waals surface area contributed by atoms with E-state index in [1.807, 2.05) is 26.8 Å². The van der Waals surface area contributed by atoms with E-state index in [1.54, 1.807) is 0 Å². The number of carbonyl (C=O) groups is 1. The van der Waals surface area contributed by atoms with Crippen molar-refractivity contribution in [2.45, 2.75) is 39.7 Å². The lowest BCUT2D eigenvalue weighted by molar-refractivity contribution is -0.116. The second kappa shape index (κ2) is 7.14. The summed E-state index contributed by atoms with van der Waals surface area (Å²) in [5.74, 6) is -0.119. The Morgan fingerprint density at radius 3 is 2.80 bits per heavy atom. The van der Waals surface area contributed by atoms with Crippen molar-refractivity contribution in [1.82, 2.24) is 19.7 Å². The second-order valence-corrected chi connectivity index (χ2v) is 8.31. The Labute approximate surface area is 156 Å². The molecule has 3 heterocycles. The summed E-state index contributed by atoms with van der Waals surface area (Å²) < 4.78 is 1.50. The predicted octanol–water partition coefficient (Wildman–Crippen LogP) is 3.30. The molecule has 1 amide bonds. The Morgan fingerprint density at radius 1 is 1.40 bits per heavy atom. The SMILES string of the molecule is CCc1cc2c(=O)n(CC(=O)Nc3nnc(C(C)C)s3)c(=S)[nH]c2s1. The van der Waals surface area contributed by atoms with Crippen molar-refractivity contribution in [3.05, 3.63) is 31.1 Å². The highest BCUT2D eigenvalue weighted by Crippen LogP contribution is 2.23. The Balaban J connectivity index is 1.85. The van der Waals surface area contributed by atoms with Crippen molar-refractivity contribution in [2.75, 3.05) is 5.32 Å². The zero-order valence-electron chi connectivity index (χ0n) is 14.0. The highest BCUT2D eigenvalue weighted by Gasteiger charge is 2.14. The van der Waals surface area contributed by atoms with Gasteiger partial charge in [0.15, 0.2) is 4.77 Å². The van der Waals surface area contributed by atoms with E-state index in [0.717, 1.165) is 21.1 Å². The van der Waals surface area contributed by atoms with Crippen LogP contribution in [0.2, 0.25) is 0 Å². The van der Waals surface area contributed by atoms with E-state index in [0.29, 0.717) is 10.5 Å². The predicted molar refractivity (Wildman–Crippen MR) is 103 cm³/mol. The number of hydrogen-bond donors (Lipinski definition) is 2. The number of hydrogen-bond acceptors (Lipinski definition) is 7. The third kappa shape index (κ3) is 3.70. The fraction of sp³-hybridized carbons (Fsp3) is 0.400. The van der Waals surface area contributed by atoms with Crippen LogP contribution >= 0.6 is 34.9 Å². The number of thiophene rings is 1. The molecular formula is C15H17N5O2S3. The Hall–Kier alpha value is -1.91. The first-order chi connectivity index (χ1) is 11.9. The van der Waals surface area contributed by atoms with Gasteiger partial charge in [-0.3, -0.25) is 19.5 Å². The van der Waals surface area contributed by atoms with Crippen LogP contribution in [0, 0.1) is 4.77 Å². The number of H-pyrrole nitrogens is 1. The zero-order valence-corrected chi connectivity index (χ0v) is 16.4. The van der Waals surface area contributed by atoms with Crippen LogP contribution in [-0.4, -0.2) is 25.7 Å². The van der Waals surface area contributed by atoms with Gasteiger partial charge in [0.2, 0.25) is 11.0 Å². The summed E-state index contributed by atoms with van der Waals surface area (Å²) >= 11 is 8.07. The van der Waals surface area contributed by atoms with Crippen molar-refractivity contribution in [2.24, 2.45) is 0 Å². The van der Waals surface area contributed by atoms with Crippen LogP contribution < -0.4 is 10.9 Å². The summed E-state index contributed by atoms with van der Waals surface area (Å²) in [6, 6.07) is 1.85. The van der Waals surface area contributed by atoms with Gasteiger partial charge < -0.3 is 4.98 Å². The number of nitrogens with one attached hydrogen (secondary N) is 2. The maximum atomic E-state index is 12.6. The average molecular weight is 396 g/mol. The number of amides is 1. The van der Waals surface area contributed by atoms with Gasteiger partial charge in [-0.1, -0.05) is 32.1 Å². The molecule has 10 heteroatoms. The molecule has 0 fully saturated rings. The molecule has 0 aliphatic heterocycles. The van der Waals surface area contributed by atoms with Gasteiger partial charge in [0, 0.05) is 10.8 Å². The molecule has 0 saturated carbocycles. The fourth-order valence-electron chi connectivity index (χ4n) is 2.23. The molecule has 0 atom stereocenters. The largest absolute Gasteiger partial charge is 0.323 e. The van der Waals surface area contributed by atoms with Crippen LogP contribution in [0.1, 0.15) is 36.6 Å². The Bertz CT molecular complexity index is 1040. The smallest absolute Gasteiger partial charge is 0.263 e. The highest BCUT2D eigenvalue weighted by molar-refractivity contribution is 7.71. The first kappa shape index (κ1) is 17.9. The van der Waals surface area contributed by atoms with Crippen molar-refractivity contribution in [3.8, 4) is 0 Å². The molecule has 3 aromatic heterocycles. The maximum absolute atomic E-state index is 12.6. The number of aromatic nitrogens is 4. The van der Waals surface area contributed by atoms with Crippen molar-refractivity contribution in [3.63, 3.8) is 0 Å². The molecule has 0 spiro atoms. The lowest BCUT2D eigenvalue weighted by atomic mass is 10.2. The molecule has 3 rings (SSSR count). The molecule has 0 bridgehead atoms. The highest BCUT2D eigenvalue weighted by atomic mass is 32.1. The van der Waals surface area contributed by atoms with Crippen molar-refractivity contribution >= 4 is 56.1 Å². The van der Waals surface area contributed by atoms with E-state index in [4.69, 9.17) is 12.2 Å². The third-order valence-corrected chi connectivity index (χ3v) is 6.21. The van der Waals surface area contributed by atoms with Gasteiger partial charge in [-0.15, -0.1) is 21.5 Å². The molecule has 0 aliphatic carbocycles. The van der Waals surface area contributed by atoms with Crippen LogP contribution in [0.25, 0.3) is 10.2 Å². The molecule has 3 aromatic rings. The molecule has 0 aromatic carbocycles. The Kier molecular flexibility index (Phi) is 5.11. The van der Waals surface area contributed by atoms with Gasteiger partial charge in [0.1, 0.15) is 16.4 Å². The summed E-state index contributed by atoms with van der Waals surface area (Å²) in [5, 5.41) is 12.5. The van der Waals surface area contributed by atoms with E-state index in [9.17, 15) is 9.59 Å². The summed E-state index contributed by atoms with van der Waals surface area (Å²) in [6.45, 7) is 5.87. The quantitative estimate of drug-likeness (QED) is 0.647. The van der Waals surface area contributed by atoms with E-state index in [-0.39, 0.29) is 28.7 Å². The number of anilines is 1. The monoisotopic (exact) mass is 395 g/mol. The average Bonchev–Trinajstić information content (AvgIpc) is 3.18. The summed E-state index contributed by atoms with van der Waals surface area (Å²) in [7, 11) is 0. The molecular weight excluding hydrogens is 378 g/mol. The molecule has 2 N–H and O–H groups in total. The lowest BCUT2D eigenvalue weighted by Crippen LogP contribution is -2.28. The van der Waals surface area contributed by atoms with Crippen LogP contribution in [0.15, 0.2) is 10.9 Å². The minimum Gasteiger partial charge on any atom is -0.323 e. The van der Waals surface area contributed by atoms with Gasteiger partial charge in [-0.05, 0) is 24.7 Å². The molecule has 0 radical (unpaired) electrons. The number of fused-ring (bicyclic) bond motifs is 1. The standard InChI is InChI=1S/C15H17N5O2S3/c1-4-8-5-9-12(24-8)17-15(23)20(13(9)22)6-10(21)16-14-19-18-11(25-14)7(2)3/h5,7H,4,6H2,1-3H3,(H,17,23)(H,16,19,21). The number of aromatic amines is 1. The van der Waals surface area contributed by atoms with Crippen LogP contribution in [-0.2, 0) is 17.8 Å². The lowest BCUT2D eigenvalue weighted by Gasteiger charge is -2.05. The van der Waals surface area contributed by atoms with Crippen molar-refractivity contribution in [1.29, 1.82) is 0 Å². The fourth-order valence-corrected chi connectivity index (χ4v) is 4.30. The molecule has 0 aliphatic rings. The second-order valence-electron chi connectivity index (χ2n) is 5.78. The summed E-state index contributed by atoms with van der Waals surface area (Å²) in [4.78, 5) is 29.8. The zero-order chi connectivity index (χ0) is 18.1. The maximum Gasteiger partial charge on any atom is 0.263 e. The summed E-state index contributed by atoms with van der Waals surface area (Å²) in [5.41, 5.74) is -0.259. The molecule has 0 unspecified atom stereocenters. The molecule has 7 nitrogen and oxygen atoms in total. The molecule has 25 heavy (non-hydrogen) atoms. The van der Waals surface area contributed by atoms with Gasteiger partial charge in [0.25, 0.3) is 5.56 Å². The first-order valence-corrected chi connectivity index (χ1v) is 9.82. The van der Waals surface area contributed by atoms with E-state index < -0.39 is 0 Å². The molecule has 0 saturated heterocycles. The van der Waals surface area contributed by atoms with Gasteiger partial charge in [-0.25, -0.2) is 0 Å². The number of nitrogens with zero attached hydrogens (tertiary/aromatic N) is 3. The number of carbonyl (C=O) groups excluding carboxylic acids is 1. The molecule has 132 valence electrons. The van der Waals surface area contributed by atoms with E-state index in [2.05, 4.69) is 20.5 Å². The Morgan fingerprint density at radius 2 is 2.16 bits per heavy atom. The number of rotatable bonds is 5. The van der Waals surface area contributed by atoms with Gasteiger partial charge in [-0.2, -0.15) is 0 Å². The first-order valence-electron chi connectivity index (χ1n) is 7.77. The summed E-state index contributed by atoms with van der Waals surface area (Å²) in [6.07, 6.45) is 0.842. The van der Waals surface area contributed by atoms with Gasteiger partial charge in [0.05, 0.1) is 5.39 Å². The normalized spacial score (nSPS) is 11.4. The van der Waals surface area contributed by atoms with Crippen molar-refractivity contribution < 1.29 is 4.79 Å². The van der Waals surface area contributed by atoms with Gasteiger partial charge >= 0.3 is 0 Å². The number of aryl methyl sites for hydroxylation is 1.